The second-order valence-corrected chi connectivity index (χ2v) is 3.44. The van der Waals surface area contributed by atoms with Gasteiger partial charge in [0.05, 0.1) is 6.07 Å². The summed E-state index contributed by atoms with van der Waals surface area (Å²) >= 11 is 0. The van der Waals surface area contributed by atoms with Crippen LogP contribution in [0.3, 0.4) is 0 Å². The first-order valence-electron chi connectivity index (χ1n) is 4.32. The monoisotopic (exact) mass is 242 g/mol. The molecule has 1 aliphatic heterocycles. The van der Waals surface area contributed by atoms with Gasteiger partial charge in [0.25, 0.3) is 5.92 Å². The van der Waals surface area contributed by atoms with Crippen molar-refractivity contribution < 1.29 is 26.7 Å². The fraction of sp³-hybridized carbons (Fsp3) is 0.750. The minimum Gasteiger partial charge on any atom is -0.333 e. The summed E-state index contributed by atoms with van der Waals surface area (Å²) in [7, 11) is 0. The molecule has 0 aromatic carbocycles. The van der Waals surface area contributed by atoms with Crippen LogP contribution < -0.4 is 0 Å². The predicted octanol–water partition coefficient (Wildman–Crippen LogP) is 1.56. The Labute approximate surface area is 87.4 Å². The zero-order valence-electron chi connectivity index (χ0n) is 7.89. The van der Waals surface area contributed by atoms with Crippen LogP contribution in [-0.2, 0) is 4.79 Å². The van der Waals surface area contributed by atoms with E-state index in [4.69, 9.17) is 5.26 Å². The van der Waals surface area contributed by atoms with Crippen molar-refractivity contribution in [3.8, 4) is 6.07 Å². The summed E-state index contributed by atoms with van der Waals surface area (Å²) in [5.41, 5.74) is 0. The molecular weight excluding hydrogens is 235 g/mol. The zero-order chi connectivity index (χ0) is 12.6. The van der Waals surface area contributed by atoms with Gasteiger partial charge in [0.1, 0.15) is 5.92 Å². The molecule has 16 heavy (non-hydrogen) atoms. The highest BCUT2D eigenvalue weighted by Gasteiger charge is 2.50. The standard InChI is InChI=1S/C8H7F5N2O/c9-7(10)1-2-15(4-5(7)3-14)6(16)8(11,12)13/h5H,1-2,4H2. The minimum atomic E-state index is -5.09. The number of rotatable bonds is 0. The highest BCUT2D eigenvalue weighted by molar-refractivity contribution is 5.82. The van der Waals surface area contributed by atoms with Crippen molar-refractivity contribution in [3.63, 3.8) is 0 Å². The Morgan fingerprint density at radius 1 is 1.44 bits per heavy atom. The SMILES string of the molecule is N#CC1CN(C(=O)C(F)(F)F)CCC1(F)F. The van der Waals surface area contributed by atoms with E-state index in [1.54, 1.807) is 0 Å². The average Bonchev–Trinajstić information content (AvgIpc) is 2.15. The molecule has 0 radical (unpaired) electrons. The summed E-state index contributed by atoms with van der Waals surface area (Å²) < 4.78 is 61.9. The van der Waals surface area contributed by atoms with Crippen LogP contribution in [0.25, 0.3) is 0 Å². The molecule has 1 fully saturated rings. The quantitative estimate of drug-likeness (QED) is 0.605. The lowest BCUT2D eigenvalue weighted by molar-refractivity contribution is -0.191. The van der Waals surface area contributed by atoms with E-state index >= 15 is 0 Å². The molecule has 1 heterocycles. The topological polar surface area (TPSA) is 44.1 Å². The Bertz CT molecular complexity index is 332. The van der Waals surface area contributed by atoms with E-state index in [1.807, 2.05) is 0 Å². The molecule has 0 N–H and O–H groups in total. The van der Waals surface area contributed by atoms with Gasteiger partial charge in [0.2, 0.25) is 0 Å². The molecule has 1 atom stereocenters. The lowest BCUT2D eigenvalue weighted by Gasteiger charge is -2.35. The molecule has 0 aromatic rings. The van der Waals surface area contributed by atoms with Gasteiger partial charge < -0.3 is 4.90 Å². The van der Waals surface area contributed by atoms with Gasteiger partial charge in [-0.3, -0.25) is 4.79 Å². The fourth-order valence-electron chi connectivity index (χ4n) is 1.40. The number of nitrogens with zero attached hydrogens (tertiary/aromatic N) is 2. The van der Waals surface area contributed by atoms with Crippen LogP contribution in [0.5, 0.6) is 0 Å². The number of piperidine rings is 1. The minimum absolute atomic E-state index is 0.241. The number of carbonyl (C=O) groups excluding carboxylic acids is 1. The summed E-state index contributed by atoms with van der Waals surface area (Å²) in [6.45, 7) is -1.58. The van der Waals surface area contributed by atoms with Crippen LogP contribution in [0, 0.1) is 17.2 Å². The molecule has 3 nitrogen and oxygen atoms in total. The molecule has 1 rings (SSSR count). The largest absolute Gasteiger partial charge is 0.471 e. The van der Waals surface area contributed by atoms with Crippen LogP contribution in [0.4, 0.5) is 22.0 Å². The van der Waals surface area contributed by atoms with Crippen LogP contribution in [0.1, 0.15) is 6.42 Å². The maximum Gasteiger partial charge on any atom is 0.471 e. The summed E-state index contributed by atoms with van der Waals surface area (Å²) in [6, 6.07) is 1.22. The molecular formula is C8H7F5N2O. The first-order chi connectivity index (χ1) is 7.18. The maximum atomic E-state index is 13.0. The average molecular weight is 242 g/mol. The lowest BCUT2D eigenvalue weighted by Crippen LogP contribution is -2.52. The van der Waals surface area contributed by atoms with Crippen molar-refractivity contribution in [3.05, 3.63) is 0 Å². The Morgan fingerprint density at radius 2 is 2.00 bits per heavy atom. The van der Waals surface area contributed by atoms with E-state index in [0.29, 0.717) is 0 Å². The van der Waals surface area contributed by atoms with Gasteiger partial charge in [-0.25, -0.2) is 8.78 Å². The third-order valence-electron chi connectivity index (χ3n) is 2.31. The molecule has 1 aliphatic rings. The predicted molar refractivity (Wildman–Crippen MR) is 41.3 cm³/mol. The van der Waals surface area contributed by atoms with E-state index in [-0.39, 0.29) is 4.90 Å². The second kappa shape index (κ2) is 3.88. The van der Waals surface area contributed by atoms with Crippen molar-refractivity contribution in [2.45, 2.75) is 18.5 Å². The number of hydrogen-bond donors (Lipinski definition) is 0. The van der Waals surface area contributed by atoms with Crippen molar-refractivity contribution in [2.75, 3.05) is 13.1 Å². The molecule has 90 valence electrons. The number of hydrogen-bond acceptors (Lipinski definition) is 2. The van der Waals surface area contributed by atoms with Crippen molar-refractivity contribution in [1.82, 2.24) is 4.90 Å². The van der Waals surface area contributed by atoms with Crippen LogP contribution in [-0.4, -0.2) is 36.0 Å². The van der Waals surface area contributed by atoms with E-state index in [9.17, 15) is 26.7 Å². The number of amides is 1. The van der Waals surface area contributed by atoms with Crippen molar-refractivity contribution >= 4 is 5.91 Å². The van der Waals surface area contributed by atoms with E-state index in [1.165, 1.54) is 6.07 Å². The summed E-state index contributed by atoms with van der Waals surface area (Å²) in [6.07, 6.45) is -6.01. The third-order valence-corrected chi connectivity index (χ3v) is 2.31. The Hall–Kier alpha value is -1.39. The van der Waals surface area contributed by atoms with Gasteiger partial charge in [-0.05, 0) is 0 Å². The van der Waals surface area contributed by atoms with Gasteiger partial charge in [0.15, 0.2) is 0 Å². The highest BCUT2D eigenvalue weighted by Crippen LogP contribution is 2.34. The van der Waals surface area contributed by atoms with Gasteiger partial charge in [-0.1, -0.05) is 0 Å². The Kier molecular flexibility index (Phi) is 3.08. The van der Waals surface area contributed by atoms with E-state index in [2.05, 4.69) is 0 Å². The van der Waals surface area contributed by atoms with Gasteiger partial charge >= 0.3 is 12.1 Å². The zero-order valence-corrected chi connectivity index (χ0v) is 7.89. The molecule has 8 heteroatoms. The van der Waals surface area contributed by atoms with Gasteiger partial charge in [0, 0.05) is 19.5 Å². The molecule has 1 saturated heterocycles. The number of likely N-dealkylation sites (tertiary alicyclic amines) is 1. The van der Waals surface area contributed by atoms with Crippen molar-refractivity contribution in [1.29, 1.82) is 5.26 Å². The number of carbonyl (C=O) groups is 1. The number of alkyl halides is 5. The summed E-state index contributed by atoms with van der Waals surface area (Å²) in [4.78, 5) is 11.0. The maximum absolute atomic E-state index is 13.0. The first-order valence-corrected chi connectivity index (χ1v) is 4.32. The highest BCUT2D eigenvalue weighted by atomic mass is 19.4. The number of halogens is 5. The van der Waals surface area contributed by atoms with Crippen LogP contribution in [0.15, 0.2) is 0 Å². The molecule has 0 saturated carbocycles. The number of nitriles is 1. The second-order valence-electron chi connectivity index (χ2n) is 3.44. The third kappa shape index (κ3) is 2.40. The first kappa shape index (κ1) is 12.7. The van der Waals surface area contributed by atoms with Crippen LogP contribution >= 0.6 is 0 Å². The molecule has 0 aliphatic carbocycles. The molecule has 1 amide bonds. The smallest absolute Gasteiger partial charge is 0.333 e. The van der Waals surface area contributed by atoms with E-state index < -0.39 is 43.4 Å². The van der Waals surface area contributed by atoms with Gasteiger partial charge in [-0.2, -0.15) is 18.4 Å². The summed E-state index contributed by atoms with van der Waals surface area (Å²) in [5.74, 6) is -7.40. The normalized spacial score (nSPS) is 25.0. The van der Waals surface area contributed by atoms with E-state index in [0.717, 1.165) is 0 Å². The Morgan fingerprint density at radius 3 is 2.44 bits per heavy atom. The lowest BCUT2D eigenvalue weighted by atomic mass is 9.95. The van der Waals surface area contributed by atoms with Gasteiger partial charge in [-0.15, -0.1) is 0 Å². The molecule has 0 bridgehead atoms. The van der Waals surface area contributed by atoms with Crippen LogP contribution in [0.2, 0.25) is 0 Å². The van der Waals surface area contributed by atoms with Crippen molar-refractivity contribution in [2.24, 2.45) is 5.92 Å². The molecule has 0 aromatic heterocycles. The molecule has 0 spiro atoms. The Balaban J connectivity index is 2.77. The fourth-order valence-corrected chi connectivity index (χ4v) is 1.40. The molecule has 1 unspecified atom stereocenters. The summed E-state index contributed by atoms with van der Waals surface area (Å²) in [5, 5.41) is 8.38.